The number of carbonyl (C=O) groups excluding carboxylic acids is 1. The Bertz CT molecular complexity index is 1000. The van der Waals surface area contributed by atoms with Crippen molar-refractivity contribution in [1.29, 1.82) is 0 Å². The van der Waals surface area contributed by atoms with E-state index in [4.69, 9.17) is 0 Å². The fraction of sp³-hybridized carbons (Fsp3) is 0.300. The Hall–Kier alpha value is -2.62. The second-order valence-corrected chi connectivity index (χ2v) is 6.33. The minimum atomic E-state index is 0.0212. The second-order valence-electron chi connectivity index (χ2n) is 6.33. The van der Waals surface area contributed by atoms with Crippen LogP contribution in [-0.4, -0.2) is 24.9 Å². The largest absolute Gasteiger partial charge is 0.376 e. The Balaban J connectivity index is 2.63. The molecule has 0 spiro atoms. The average molecular weight is 322 g/mol. The molecule has 0 atom stereocenters. The van der Waals surface area contributed by atoms with Crippen molar-refractivity contribution in [2.24, 2.45) is 0 Å². The maximum atomic E-state index is 13.0. The SMILES string of the molecule is CCc1ccc2c(=O)c3ccc(C)c(N(C)C)c3n(CC=O)c2c1. The lowest BCUT2D eigenvalue weighted by Crippen LogP contribution is -2.18. The lowest BCUT2D eigenvalue weighted by molar-refractivity contribution is -0.108. The molecule has 124 valence electrons. The average Bonchev–Trinajstić information content (AvgIpc) is 2.57. The molecule has 1 heterocycles. The molecular formula is C20H22N2O2. The normalized spacial score (nSPS) is 11.2. The number of nitrogens with zero attached hydrogens (tertiary/aromatic N) is 2. The molecule has 0 aliphatic rings. The molecule has 0 saturated heterocycles. The van der Waals surface area contributed by atoms with Crippen molar-refractivity contribution in [2.75, 3.05) is 19.0 Å². The lowest BCUT2D eigenvalue weighted by atomic mass is 10.0. The van der Waals surface area contributed by atoms with E-state index in [1.165, 1.54) is 0 Å². The van der Waals surface area contributed by atoms with Gasteiger partial charge in [-0.2, -0.15) is 0 Å². The number of anilines is 1. The molecule has 0 aliphatic heterocycles. The number of aldehydes is 1. The van der Waals surface area contributed by atoms with Gasteiger partial charge in [0.05, 0.1) is 23.3 Å². The van der Waals surface area contributed by atoms with Gasteiger partial charge in [0.2, 0.25) is 0 Å². The summed E-state index contributed by atoms with van der Waals surface area (Å²) in [4.78, 5) is 26.4. The number of pyridine rings is 1. The highest BCUT2D eigenvalue weighted by Crippen LogP contribution is 2.30. The minimum absolute atomic E-state index is 0.0212. The summed E-state index contributed by atoms with van der Waals surface area (Å²) < 4.78 is 1.97. The molecule has 4 nitrogen and oxygen atoms in total. The van der Waals surface area contributed by atoms with Gasteiger partial charge in [-0.3, -0.25) is 4.79 Å². The highest BCUT2D eigenvalue weighted by molar-refractivity contribution is 6.01. The van der Waals surface area contributed by atoms with Crippen LogP contribution >= 0.6 is 0 Å². The molecule has 4 heteroatoms. The van der Waals surface area contributed by atoms with Gasteiger partial charge >= 0.3 is 0 Å². The smallest absolute Gasteiger partial charge is 0.197 e. The number of rotatable bonds is 4. The summed E-state index contributed by atoms with van der Waals surface area (Å²) in [5, 5.41) is 1.32. The topological polar surface area (TPSA) is 42.3 Å². The van der Waals surface area contributed by atoms with E-state index in [2.05, 4.69) is 6.92 Å². The van der Waals surface area contributed by atoms with E-state index in [0.29, 0.717) is 10.8 Å². The van der Waals surface area contributed by atoms with Gasteiger partial charge in [0.1, 0.15) is 6.29 Å². The quantitative estimate of drug-likeness (QED) is 0.547. The third-order valence-corrected chi connectivity index (χ3v) is 4.58. The Morgan fingerprint density at radius 3 is 2.46 bits per heavy atom. The molecule has 0 aliphatic carbocycles. The van der Waals surface area contributed by atoms with Gasteiger partial charge in [-0.25, -0.2) is 0 Å². The summed E-state index contributed by atoms with van der Waals surface area (Å²) in [6, 6.07) is 9.74. The molecule has 0 unspecified atom stereocenters. The van der Waals surface area contributed by atoms with Crippen molar-refractivity contribution in [3.63, 3.8) is 0 Å². The van der Waals surface area contributed by atoms with Gasteiger partial charge in [-0.05, 0) is 42.7 Å². The third kappa shape index (κ3) is 2.39. The maximum absolute atomic E-state index is 13.0. The van der Waals surface area contributed by atoms with Crippen LogP contribution in [0.3, 0.4) is 0 Å². The summed E-state index contributed by atoms with van der Waals surface area (Å²) in [6.07, 6.45) is 1.78. The van der Waals surface area contributed by atoms with Crippen LogP contribution in [0.15, 0.2) is 35.1 Å². The molecule has 1 aromatic heterocycles. The lowest BCUT2D eigenvalue weighted by Gasteiger charge is -2.22. The minimum Gasteiger partial charge on any atom is -0.376 e. The number of benzene rings is 2. The summed E-state index contributed by atoms with van der Waals surface area (Å²) in [5.74, 6) is 0. The maximum Gasteiger partial charge on any atom is 0.197 e. The first-order valence-corrected chi connectivity index (χ1v) is 8.19. The van der Waals surface area contributed by atoms with Crippen LogP contribution in [0.25, 0.3) is 21.8 Å². The summed E-state index contributed by atoms with van der Waals surface area (Å²) in [5.41, 5.74) is 4.89. The second kappa shape index (κ2) is 6.11. The van der Waals surface area contributed by atoms with Gasteiger partial charge in [-0.15, -0.1) is 0 Å². The number of fused-ring (bicyclic) bond motifs is 2. The van der Waals surface area contributed by atoms with E-state index in [1.54, 1.807) is 0 Å². The van der Waals surface area contributed by atoms with Gasteiger partial charge in [0, 0.05) is 24.9 Å². The zero-order chi connectivity index (χ0) is 17.4. The van der Waals surface area contributed by atoms with Gasteiger partial charge in [0.25, 0.3) is 0 Å². The molecule has 3 rings (SSSR count). The molecule has 0 N–H and O–H groups in total. The van der Waals surface area contributed by atoms with Crippen molar-refractivity contribution >= 4 is 33.8 Å². The first-order chi connectivity index (χ1) is 11.5. The molecule has 0 radical (unpaired) electrons. The standard InChI is InChI=1S/C20H22N2O2/c1-5-14-7-9-15-17(12-14)22(10-11-23)19-16(20(15)24)8-6-13(2)18(19)21(3)4/h6-9,11-12H,5,10H2,1-4H3. The van der Waals surface area contributed by atoms with E-state index in [-0.39, 0.29) is 12.0 Å². The molecule has 3 aromatic rings. The number of aromatic nitrogens is 1. The number of carbonyl (C=O) groups is 1. The van der Waals surface area contributed by atoms with E-state index < -0.39 is 0 Å². The van der Waals surface area contributed by atoms with Crippen molar-refractivity contribution in [2.45, 2.75) is 26.8 Å². The predicted octanol–water partition coefficient (Wildman–Crippen LogP) is 3.29. The fourth-order valence-electron chi connectivity index (χ4n) is 3.44. The fourth-order valence-corrected chi connectivity index (χ4v) is 3.44. The third-order valence-electron chi connectivity index (χ3n) is 4.58. The molecule has 0 bridgehead atoms. The summed E-state index contributed by atoms with van der Waals surface area (Å²) in [6.45, 7) is 4.34. The van der Waals surface area contributed by atoms with Crippen molar-refractivity contribution in [1.82, 2.24) is 4.57 Å². The monoisotopic (exact) mass is 322 g/mol. The number of hydrogen-bond donors (Lipinski definition) is 0. The van der Waals surface area contributed by atoms with Crippen LogP contribution in [0.1, 0.15) is 18.1 Å². The van der Waals surface area contributed by atoms with Crippen LogP contribution < -0.4 is 10.3 Å². The molecule has 24 heavy (non-hydrogen) atoms. The first-order valence-electron chi connectivity index (χ1n) is 8.19. The number of aryl methyl sites for hydroxylation is 2. The van der Waals surface area contributed by atoms with Crippen LogP contribution in [-0.2, 0) is 17.8 Å². The van der Waals surface area contributed by atoms with E-state index in [0.717, 1.165) is 40.6 Å². The Labute approximate surface area is 141 Å². The molecular weight excluding hydrogens is 300 g/mol. The Morgan fingerprint density at radius 2 is 1.83 bits per heavy atom. The van der Waals surface area contributed by atoms with E-state index >= 15 is 0 Å². The van der Waals surface area contributed by atoms with Crippen LogP contribution in [0.5, 0.6) is 0 Å². The van der Waals surface area contributed by atoms with Crippen molar-refractivity contribution in [3.05, 3.63) is 51.7 Å². The molecule has 2 aromatic carbocycles. The highest BCUT2D eigenvalue weighted by atomic mass is 16.1. The van der Waals surface area contributed by atoms with Gasteiger partial charge in [-0.1, -0.05) is 19.1 Å². The zero-order valence-corrected chi connectivity index (χ0v) is 14.6. The first kappa shape index (κ1) is 16.2. The molecule has 0 saturated carbocycles. The van der Waals surface area contributed by atoms with Crippen LogP contribution in [0.2, 0.25) is 0 Å². The van der Waals surface area contributed by atoms with Crippen molar-refractivity contribution in [3.8, 4) is 0 Å². The predicted molar refractivity (Wildman–Crippen MR) is 100 cm³/mol. The Morgan fingerprint density at radius 1 is 1.12 bits per heavy atom. The van der Waals surface area contributed by atoms with E-state index in [9.17, 15) is 9.59 Å². The zero-order valence-electron chi connectivity index (χ0n) is 14.6. The summed E-state index contributed by atoms with van der Waals surface area (Å²) in [7, 11) is 3.92. The van der Waals surface area contributed by atoms with Gasteiger partial charge < -0.3 is 14.3 Å². The highest BCUT2D eigenvalue weighted by Gasteiger charge is 2.16. The van der Waals surface area contributed by atoms with Crippen molar-refractivity contribution < 1.29 is 4.79 Å². The molecule has 0 fully saturated rings. The van der Waals surface area contributed by atoms with Crippen LogP contribution in [0.4, 0.5) is 5.69 Å². The summed E-state index contributed by atoms with van der Waals surface area (Å²) >= 11 is 0. The van der Waals surface area contributed by atoms with Gasteiger partial charge in [0.15, 0.2) is 5.43 Å². The molecule has 0 amide bonds. The van der Waals surface area contributed by atoms with Crippen LogP contribution in [0, 0.1) is 6.92 Å². The van der Waals surface area contributed by atoms with E-state index in [1.807, 2.05) is 60.8 Å². The number of hydrogen-bond acceptors (Lipinski definition) is 3. The Kier molecular flexibility index (Phi) is 4.14.